The van der Waals surface area contributed by atoms with Gasteiger partial charge in [0.1, 0.15) is 5.78 Å². The van der Waals surface area contributed by atoms with Crippen LogP contribution in [0.1, 0.15) is 39.5 Å². The van der Waals surface area contributed by atoms with Gasteiger partial charge >= 0.3 is 0 Å². The normalized spacial score (nSPS) is 16.4. The number of hydrogen-bond donors (Lipinski definition) is 1. The molecule has 1 aliphatic rings. The Balaban J connectivity index is 2.24. The lowest BCUT2D eigenvalue weighted by Gasteiger charge is -2.32. The van der Waals surface area contributed by atoms with Crippen LogP contribution in [0.15, 0.2) is 0 Å². The zero-order valence-electron chi connectivity index (χ0n) is 11.2. The van der Waals surface area contributed by atoms with E-state index in [1.165, 1.54) is 13.8 Å². The lowest BCUT2D eigenvalue weighted by atomic mass is 9.96. The van der Waals surface area contributed by atoms with E-state index in [2.05, 4.69) is 5.32 Å². The molecule has 1 rings (SSSR count). The van der Waals surface area contributed by atoms with Crippen LogP contribution in [0.2, 0.25) is 0 Å². The molecule has 0 bridgehead atoms. The number of amides is 2. The van der Waals surface area contributed by atoms with E-state index in [0.29, 0.717) is 25.3 Å². The summed E-state index contributed by atoms with van der Waals surface area (Å²) in [5.41, 5.74) is 0. The van der Waals surface area contributed by atoms with Crippen molar-refractivity contribution in [2.75, 3.05) is 19.6 Å². The molecule has 0 unspecified atom stereocenters. The van der Waals surface area contributed by atoms with Gasteiger partial charge in [0.2, 0.25) is 11.8 Å². The third kappa shape index (κ3) is 5.29. The van der Waals surface area contributed by atoms with Crippen molar-refractivity contribution in [1.82, 2.24) is 10.2 Å². The highest BCUT2D eigenvalue weighted by Crippen LogP contribution is 2.17. The van der Waals surface area contributed by atoms with Crippen LogP contribution in [0.4, 0.5) is 0 Å². The average molecular weight is 254 g/mol. The van der Waals surface area contributed by atoms with Gasteiger partial charge in [-0.3, -0.25) is 9.59 Å². The van der Waals surface area contributed by atoms with Crippen LogP contribution < -0.4 is 5.32 Å². The summed E-state index contributed by atoms with van der Waals surface area (Å²) in [6.07, 6.45) is 2.51. The highest BCUT2D eigenvalue weighted by molar-refractivity contribution is 5.83. The molecule has 1 fully saturated rings. The Morgan fingerprint density at radius 1 is 1.11 bits per heavy atom. The Morgan fingerprint density at radius 3 is 2.22 bits per heavy atom. The molecule has 0 saturated carbocycles. The summed E-state index contributed by atoms with van der Waals surface area (Å²) in [6.45, 7) is 5.19. The van der Waals surface area contributed by atoms with Crippen molar-refractivity contribution in [3.8, 4) is 0 Å². The Kier molecular flexibility index (Phi) is 5.82. The molecule has 2 amide bonds. The molecule has 102 valence electrons. The maximum atomic E-state index is 11.8. The predicted octanol–water partition coefficient (Wildman–Crippen LogP) is 0.730. The molecule has 1 saturated heterocycles. The first-order valence-corrected chi connectivity index (χ1v) is 6.50. The first-order chi connectivity index (χ1) is 8.49. The van der Waals surface area contributed by atoms with Gasteiger partial charge in [-0.2, -0.15) is 0 Å². The van der Waals surface area contributed by atoms with Crippen molar-refractivity contribution in [2.24, 2.45) is 5.92 Å². The summed E-state index contributed by atoms with van der Waals surface area (Å²) >= 11 is 0. The Bertz CT molecular complexity index is 320. The van der Waals surface area contributed by atoms with Gasteiger partial charge in [0.05, 0.1) is 0 Å². The van der Waals surface area contributed by atoms with Gasteiger partial charge < -0.3 is 15.0 Å². The van der Waals surface area contributed by atoms with Crippen LogP contribution in [0.3, 0.4) is 0 Å². The van der Waals surface area contributed by atoms with Gasteiger partial charge in [0.15, 0.2) is 0 Å². The maximum absolute atomic E-state index is 11.8. The van der Waals surface area contributed by atoms with Gasteiger partial charge in [0.25, 0.3) is 0 Å². The number of piperidine rings is 1. The largest absolute Gasteiger partial charge is 0.356 e. The fourth-order valence-electron chi connectivity index (χ4n) is 2.12. The molecule has 5 nitrogen and oxygen atoms in total. The van der Waals surface area contributed by atoms with Crippen LogP contribution in [0, 0.1) is 5.92 Å². The average Bonchev–Trinajstić information content (AvgIpc) is 2.34. The quantitative estimate of drug-likeness (QED) is 0.786. The molecule has 0 radical (unpaired) electrons. The van der Waals surface area contributed by atoms with E-state index in [1.54, 1.807) is 0 Å². The summed E-state index contributed by atoms with van der Waals surface area (Å²) in [5.74, 6) is 0.591. The monoisotopic (exact) mass is 254 g/mol. The Hall–Kier alpha value is -1.39. The number of carbonyl (C=O) groups excluding carboxylic acids is 3. The molecule has 18 heavy (non-hydrogen) atoms. The van der Waals surface area contributed by atoms with Gasteiger partial charge in [-0.25, -0.2) is 0 Å². The van der Waals surface area contributed by atoms with E-state index in [1.807, 2.05) is 4.90 Å². The summed E-state index contributed by atoms with van der Waals surface area (Å²) in [4.78, 5) is 35.2. The van der Waals surface area contributed by atoms with Crippen LogP contribution in [-0.4, -0.2) is 42.1 Å². The molecule has 5 heteroatoms. The molecule has 1 N–H and O–H groups in total. The smallest absolute Gasteiger partial charge is 0.223 e. The molecule has 0 aromatic heterocycles. The fourth-order valence-corrected chi connectivity index (χ4v) is 2.12. The second kappa shape index (κ2) is 7.13. The SMILES string of the molecule is CC(=O)CCC(=O)N1CCC(CNC(C)=O)CC1. The maximum Gasteiger partial charge on any atom is 0.223 e. The summed E-state index contributed by atoms with van der Waals surface area (Å²) in [5, 5.41) is 2.81. The molecular formula is C13H22N2O3. The first kappa shape index (κ1) is 14.7. The minimum Gasteiger partial charge on any atom is -0.356 e. The van der Waals surface area contributed by atoms with Crippen molar-refractivity contribution in [3.63, 3.8) is 0 Å². The molecule has 0 atom stereocenters. The molecule has 0 aromatic rings. The predicted molar refractivity (Wildman–Crippen MR) is 67.9 cm³/mol. The third-order valence-corrected chi connectivity index (χ3v) is 3.30. The molecule has 0 aromatic carbocycles. The number of hydrogen-bond acceptors (Lipinski definition) is 3. The van der Waals surface area contributed by atoms with Crippen molar-refractivity contribution in [3.05, 3.63) is 0 Å². The van der Waals surface area contributed by atoms with Crippen molar-refractivity contribution in [1.29, 1.82) is 0 Å². The first-order valence-electron chi connectivity index (χ1n) is 6.50. The highest BCUT2D eigenvalue weighted by atomic mass is 16.2. The molecule has 0 spiro atoms. The molecular weight excluding hydrogens is 232 g/mol. The third-order valence-electron chi connectivity index (χ3n) is 3.30. The van der Waals surface area contributed by atoms with Crippen molar-refractivity contribution < 1.29 is 14.4 Å². The second-order valence-corrected chi connectivity index (χ2v) is 4.96. The van der Waals surface area contributed by atoms with Gasteiger partial charge in [-0.15, -0.1) is 0 Å². The van der Waals surface area contributed by atoms with Crippen molar-refractivity contribution >= 4 is 17.6 Å². The minimum atomic E-state index is -0.00466. The number of nitrogens with zero attached hydrogens (tertiary/aromatic N) is 1. The van der Waals surface area contributed by atoms with Gasteiger partial charge in [-0.1, -0.05) is 0 Å². The Labute approximate surface area is 108 Å². The second-order valence-electron chi connectivity index (χ2n) is 4.96. The minimum absolute atomic E-state index is 0.00466. The van der Waals surface area contributed by atoms with E-state index >= 15 is 0 Å². The van der Waals surface area contributed by atoms with Gasteiger partial charge in [-0.05, 0) is 25.7 Å². The van der Waals surface area contributed by atoms with E-state index in [9.17, 15) is 14.4 Å². The summed E-state index contributed by atoms with van der Waals surface area (Å²) in [6, 6.07) is 0. The topological polar surface area (TPSA) is 66.5 Å². The number of nitrogens with one attached hydrogen (secondary N) is 1. The van der Waals surface area contributed by atoms with Crippen LogP contribution >= 0.6 is 0 Å². The van der Waals surface area contributed by atoms with E-state index in [0.717, 1.165) is 25.9 Å². The zero-order chi connectivity index (χ0) is 13.5. The number of carbonyl (C=O) groups is 3. The number of Topliss-reactive ketones (excluding diaryl/α,β-unsaturated/α-hetero) is 1. The van der Waals surface area contributed by atoms with Crippen molar-refractivity contribution in [2.45, 2.75) is 39.5 Å². The van der Waals surface area contributed by atoms with E-state index < -0.39 is 0 Å². The van der Waals surface area contributed by atoms with E-state index in [-0.39, 0.29) is 17.6 Å². The highest BCUT2D eigenvalue weighted by Gasteiger charge is 2.22. The Morgan fingerprint density at radius 2 is 1.72 bits per heavy atom. The van der Waals surface area contributed by atoms with Crippen LogP contribution in [0.25, 0.3) is 0 Å². The van der Waals surface area contributed by atoms with E-state index in [4.69, 9.17) is 0 Å². The lowest BCUT2D eigenvalue weighted by Crippen LogP contribution is -2.41. The summed E-state index contributed by atoms with van der Waals surface area (Å²) in [7, 11) is 0. The van der Waals surface area contributed by atoms with Gasteiger partial charge in [0, 0.05) is 39.4 Å². The standard InChI is InChI=1S/C13H22N2O3/c1-10(16)3-4-13(18)15-7-5-12(6-8-15)9-14-11(2)17/h12H,3-9H2,1-2H3,(H,14,17). The molecule has 1 aliphatic heterocycles. The zero-order valence-corrected chi connectivity index (χ0v) is 11.2. The number of ketones is 1. The summed E-state index contributed by atoms with van der Waals surface area (Å²) < 4.78 is 0. The molecule has 1 heterocycles. The van der Waals surface area contributed by atoms with Crippen LogP contribution in [-0.2, 0) is 14.4 Å². The number of rotatable bonds is 5. The molecule has 0 aliphatic carbocycles. The number of likely N-dealkylation sites (tertiary alicyclic amines) is 1. The van der Waals surface area contributed by atoms with Crippen LogP contribution in [0.5, 0.6) is 0 Å². The fraction of sp³-hybridized carbons (Fsp3) is 0.769. The lowest BCUT2D eigenvalue weighted by molar-refractivity contribution is -0.134.